The van der Waals surface area contributed by atoms with Crippen molar-refractivity contribution in [2.45, 2.75) is 0 Å². The largest absolute Gasteiger partial charge is 0.439 e. The first-order chi connectivity index (χ1) is 8.97. The first-order valence-electron chi connectivity index (χ1n) is 5.01. The minimum Gasteiger partial charge on any atom is -0.439 e. The first-order valence-corrected chi connectivity index (χ1v) is 5.39. The molecule has 0 atom stereocenters. The van der Waals surface area contributed by atoms with Gasteiger partial charge < -0.3 is 10.5 Å². The monoisotopic (exact) mass is 283 g/mol. The fraction of sp³-hybridized carbons (Fsp3) is 0. The summed E-state index contributed by atoms with van der Waals surface area (Å²) < 4.78 is 18.2. The summed E-state index contributed by atoms with van der Waals surface area (Å²) in [7, 11) is 0. The van der Waals surface area contributed by atoms with Crippen molar-refractivity contribution in [1.82, 2.24) is 4.98 Å². The third kappa shape index (κ3) is 2.89. The smallest absolute Gasteiger partial charge is 0.311 e. The highest BCUT2D eigenvalue weighted by Gasteiger charge is 2.14. The lowest BCUT2D eigenvalue weighted by Crippen LogP contribution is -1.99. The van der Waals surface area contributed by atoms with Crippen molar-refractivity contribution in [1.29, 1.82) is 0 Å². The Morgan fingerprint density at radius 1 is 1.37 bits per heavy atom. The van der Waals surface area contributed by atoms with Crippen LogP contribution in [0.5, 0.6) is 11.6 Å². The number of anilines is 1. The number of pyridine rings is 1. The van der Waals surface area contributed by atoms with Crippen molar-refractivity contribution >= 4 is 23.1 Å². The maximum Gasteiger partial charge on any atom is 0.311 e. The van der Waals surface area contributed by atoms with Crippen LogP contribution in [0.1, 0.15) is 0 Å². The Bertz CT molecular complexity index is 651. The van der Waals surface area contributed by atoms with E-state index < -0.39 is 10.7 Å². The molecule has 0 unspecified atom stereocenters. The lowest BCUT2D eigenvalue weighted by Gasteiger charge is -2.06. The maximum absolute atomic E-state index is 12.9. The van der Waals surface area contributed by atoms with Crippen LogP contribution in [0.4, 0.5) is 15.9 Å². The Kier molecular flexibility index (Phi) is 3.48. The Hall–Kier alpha value is -2.41. The molecule has 0 radical (unpaired) electrons. The summed E-state index contributed by atoms with van der Waals surface area (Å²) in [6.45, 7) is 0. The van der Waals surface area contributed by atoms with Crippen LogP contribution in [0.3, 0.4) is 0 Å². The predicted octanol–water partition coefficient (Wildman–Crippen LogP) is 3.16. The number of ether oxygens (including phenoxy) is 1. The summed E-state index contributed by atoms with van der Waals surface area (Å²) in [5.74, 6) is -0.557. The molecule has 2 N–H and O–H groups in total. The summed E-state index contributed by atoms with van der Waals surface area (Å²) >= 11 is 5.59. The van der Waals surface area contributed by atoms with Crippen LogP contribution in [-0.4, -0.2) is 9.91 Å². The molecule has 1 heterocycles. The Labute approximate surface area is 111 Å². The van der Waals surface area contributed by atoms with Crippen LogP contribution in [0.15, 0.2) is 30.3 Å². The van der Waals surface area contributed by atoms with Gasteiger partial charge in [-0.15, -0.1) is 0 Å². The van der Waals surface area contributed by atoms with Crippen molar-refractivity contribution < 1.29 is 14.1 Å². The number of benzene rings is 1. The summed E-state index contributed by atoms with van der Waals surface area (Å²) in [6.07, 6.45) is 0. The second-order valence-corrected chi connectivity index (χ2v) is 3.90. The molecule has 0 aliphatic heterocycles. The quantitative estimate of drug-likeness (QED) is 0.690. The zero-order valence-electron chi connectivity index (χ0n) is 9.34. The molecule has 0 fully saturated rings. The molecule has 19 heavy (non-hydrogen) atoms. The van der Waals surface area contributed by atoms with Crippen LogP contribution >= 0.6 is 11.6 Å². The highest BCUT2D eigenvalue weighted by molar-refractivity contribution is 6.30. The van der Waals surface area contributed by atoms with Crippen LogP contribution in [-0.2, 0) is 0 Å². The van der Waals surface area contributed by atoms with E-state index in [1.54, 1.807) is 0 Å². The number of nitrogens with zero attached hydrogens (tertiary/aromatic N) is 2. The Balaban J connectivity index is 2.26. The Morgan fingerprint density at radius 2 is 2.11 bits per heavy atom. The van der Waals surface area contributed by atoms with Gasteiger partial charge in [-0.2, -0.15) is 4.98 Å². The van der Waals surface area contributed by atoms with Gasteiger partial charge in [0.05, 0.1) is 9.95 Å². The summed E-state index contributed by atoms with van der Waals surface area (Å²) in [5, 5.41) is 10.5. The molecule has 0 spiro atoms. The Morgan fingerprint density at radius 3 is 2.68 bits per heavy atom. The van der Waals surface area contributed by atoms with Crippen LogP contribution in [0, 0.1) is 15.9 Å². The summed E-state index contributed by atoms with van der Waals surface area (Å²) in [4.78, 5) is 13.6. The number of nitrogen functional groups attached to an aromatic ring is 1. The van der Waals surface area contributed by atoms with E-state index in [0.717, 1.165) is 6.07 Å². The van der Waals surface area contributed by atoms with Gasteiger partial charge in [0.1, 0.15) is 11.6 Å². The number of halogens is 2. The minimum atomic E-state index is -0.652. The molecule has 0 saturated heterocycles. The standard InChI is InChI=1S/C11H7ClFN3O3/c12-7-5-6(1-2-8(7)13)19-10-4-3-9(16(17)18)11(14)15-10/h1-5H,(H2,14,15). The number of hydrogen-bond acceptors (Lipinski definition) is 5. The van der Waals surface area contributed by atoms with Gasteiger partial charge in [0.2, 0.25) is 11.7 Å². The molecule has 1 aromatic heterocycles. The molecule has 0 aliphatic carbocycles. The molecule has 0 amide bonds. The van der Waals surface area contributed by atoms with Gasteiger partial charge in [0, 0.05) is 18.2 Å². The molecule has 6 nitrogen and oxygen atoms in total. The highest BCUT2D eigenvalue weighted by Crippen LogP contribution is 2.28. The fourth-order valence-corrected chi connectivity index (χ4v) is 1.49. The molecular weight excluding hydrogens is 277 g/mol. The van der Waals surface area contributed by atoms with E-state index in [1.807, 2.05) is 0 Å². The van der Waals surface area contributed by atoms with E-state index in [4.69, 9.17) is 22.1 Å². The minimum absolute atomic E-state index is 0.0470. The van der Waals surface area contributed by atoms with Crippen molar-refractivity contribution in [2.24, 2.45) is 0 Å². The average molecular weight is 284 g/mol. The zero-order chi connectivity index (χ0) is 14.0. The van der Waals surface area contributed by atoms with Crippen molar-refractivity contribution in [3.8, 4) is 11.6 Å². The molecule has 8 heteroatoms. The van der Waals surface area contributed by atoms with Crippen LogP contribution < -0.4 is 10.5 Å². The lowest BCUT2D eigenvalue weighted by atomic mass is 10.3. The third-order valence-corrected chi connectivity index (χ3v) is 2.48. The van der Waals surface area contributed by atoms with E-state index in [-0.39, 0.29) is 28.2 Å². The van der Waals surface area contributed by atoms with Gasteiger partial charge >= 0.3 is 5.69 Å². The van der Waals surface area contributed by atoms with Crippen molar-refractivity contribution in [3.05, 3.63) is 51.3 Å². The molecule has 2 rings (SSSR count). The fourth-order valence-electron chi connectivity index (χ4n) is 1.32. The number of aromatic nitrogens is 1. The number of nitro groups is 1. The van der Waals surface area contributed by atoms with Gasteiger partial charge in [0.25, 0.3) is 0 Å². The summed E-state index contributed by atoms with van der Waals surface area (Å²) in [5.41, 5.74) is 5.10. The molecule has 0 saturated carbocycles. The molecular formula is C11H7ClFN3O3. The van der Waals surface area contributed by atoms with Crippen molar-refractivity contribution in [2.75, 3.05) is 5.73 Å². The first kappa shape index (κ1) is 13.0. The van der Waals surface area contributed by atoms with Gasteiger partial charge in [-0.3, -0.25) is 10.1 Å². The van der Waals surface area contributed by atoms with E-state index >= 15 is 0 Å². The van der Waals surface area contributed by atoms with Gasteiger partial charge in [0.15, 0.2) is 0 Å². The SMILES string of the molecule is Nc1nc(Oc2ccc(F)c(Cl)c2)ccc1[N+](=O)[O-]. The third-order valence-electron chi connectivity index (χ3n) is 2.19. The molecule has 98 valence electrons. The molecule has 2 aromatic rings. The molecule has 0 aliphatic rings. The van der Waals surface area contributed by atoms with E-state index in [1.165, 1.54) is 24.3 Å². The second-order valence-electron chi connectivity index (χ2n) is 3.49. The normalized spacial score (nSPS) is 10.2. The van der Waals surface area contributed by atoms with Crippen LogP contribution in [0.25, 0.3) is 0 Å². The van der Waals surface area contributed by atoms with Gasteiger partial charge in [-0.1, -0.05) is 11.6 Å². The lowest BCUT2D eigenvalue weighted by molar-refractivity contribution is -0.384. The molecule has 1 aromatic carbocycles. The number of rotatable bonds is 3. The van der Waals surface area contributed by atoms with Crippen molar-refractivity contribution in [3.63, 3.8) is 0 Å². The topological polar surface area (TPSA) is 91.3 Å². The second kappa shape index (κ2) is 5.07. The van der Waals surface area contributed by atoms with Gasteiger partial charge in [-0.05, 0) is 12.1 Å². The maximum atomic E-state index is 12.9. The number of hydrogen-bond donors (Lipinski definition) is 1. The van der Waals surface area contributed by atoms with E-state index in [2.05, 4.69) is 4.98 Å². The van der Waals surface area contributed by atoms with E-state index in [9.17, 15) is 14.5 Å². The predicted molar refractivity (Wildman–Crippen MR) is 66.8 cm³/mol. The van der Waals surface area contributed by atoms with Crippen LogP contribution in [0.2, 0.25) is 5.02 Å². The summed E-state index contributed by atoms with van der Waals surface area (Å²) in [6, 6.07) is 6.19. The van der Waals surface area contributed by atoms with E-state index in [0.29, 0.717) is 0 Å². The van der Waals surface area contributed by atoms with Gasteiger partial charge in [-0.25, -0.2) is 4.39 Å². The highest BCUT2D eigenvalue weighted by atomic mass is 35.5. The number of nitrogens with two attached hydrogens (primary N) is 1. The average Bonchev–Trinajstić information content (AvgIpc) is 2.33. The molecule has 0 bridgehead atoms. The zero-order valence-corrected chi connectivity index (χ0v) is 10.1.